The van der Waals surface area contributed by atoms with Crippen LogP contribution in [0.3, 0.4) is 0 Å². The van der Waals surface area contributed by atoms with E-state index in [1.807, 2.05) is 0 Å². The van der Waals surface area contributed by atoms with Crippen molar-refractivity contribution in [2.24, 2.45) is 5.92 Å². The molecule has 1 N–H and O–H groups in total. The highest BCUT2D eigenvalue weighted by Crippen LogP contribution is 2.30. The molecule has 1 amide bonds. The summed E-state index contributed by atoms with van der Waals surface area (Å²) in [5, 5.41) is 12.7. The number of carboxylic acids is 1. The summed E-state index contributed by atoms with van der Waals surface area (Å²) in [5.41, 5.74) is 1.31. The molecule has 1 aliphatic heterocycles. The number of carbonyl (C=O) groups is 2. The fourth-order valence-electron chi connectivity index (χ4n) is 3.65. The molecule has 26 heavy (non-hydrogen) atoms. The molecule has 1 fully saturated rings. The van der Waals surface area contributed by atoms with E-state index in [1.54, 1.807) is 25.7 Å². The number of rotatable bonds is 6. The number of halogens is 3. The van der Waals surface area contributed by atoms with Gasteiger partial charge >= 0.3 is 12.1 Å². The zero-order chi connectivity index (χ0) is 19.6. The zero-order valence-corrected chi connectivity index (χ0v) is 15.1. The number of carboxylic acid groups (broad SMARTS) is 1. The zero-order valence-electron chi connectivity index (χ0n) is 15.1. The second-order valence-electron chi connectivity index (χ2n) is 6.95. The smallest absolute Gasteiger partial charge is 0.408 e. The third-order valence-electron chi connectivity index (χ3n) is 4.93. The fraction of sp³-hybridized carbons (Fsp3) is 0.706. The van der Waals surface area contributed by atoms with Crippen molar-refractivity contribution in [1.82, 2.24) is 14.7 Å². The lowest BCUT2D eigenvalue weighted by Gasteiger charge is -2.21. The molecule has 146 valence electrons. The Bertz CT molecular complexity index is 685. The molecule has 0 spiro atoms. The van der Waals surface area contributed by atoms with Gasteiger partial charge in [0.25, 0.3) is 0 Å². The van der Waals surface area contributed by atoms with E-state index in [-0.39, 0.29) is 18.2 Å². The average molecular weight is 375 g/mol. The maximum Gasteiger partial charge on any atom is 0.408 e. The molecular weight excluding hydrogens is 351 g/mol. The SMILES string of the molecule is Cc1nn(CC(F)(F)F)c(C)c1C(C)C(=O)N1CCC(CCC(=O)O)C1. The summed E-state index contributed by atoms with van der Waals surface area (Å²) >= 11 is 0. The number of amides is 1. The van der Waals surface area contributed by atoms with Crippen LogP contribution >= 0.6 is 0 Å². The van der Waals surface area contributed by atoms with E-state index in [4.69, 9.17) is 5.11 Å². The molecule has 0 saturated carbocycles. The molecule has 1 aromatic heterocycles. The third-order valence-corrected chi connectivity index (χ3v) is 4.93. The van der Waals surface area contributed by atoms with Gasteiger partial charge in [-0.15, -0.1) is 0 Å². The highest BCUT2D eigenvalue weighted by molar-refractivity contribution is 5.84. The maximum absolute atomic E-state index is 12.8. The number of alkyl halides is 3. The van der Waals surface area contributed by atoms with Crippen molar-refractivity contribution in [2.45, 2.75) is 58.7 Å². The maximum atomic E-state index is 12.8. The second kappa shape index (κ2) is 7.67. The van der Waals surface area contributed by atoms with E-state index >= 15 is 0 Å². The van der Waals surface area contributed by atoms with Gasteiger partial charge in [-0.05, 0) is 39.5 Å². The molecule has 1 aliphatic rings. The van der Waals surface area contributed by atoms with Gasteiger partial charge in [0.15, 0.2) is 0 Å². The van der Waals surface area contributed by atoms with Crippen LogP contribution in [-0.2, 0) is 16.1 Å². The number of nitrogens with zero attached hydrogens (tertiary/aromatic N) is 3. The largest absolute Gasteiger partial charge is 0.481 e. The number of hydrogen-bond donors (Lipinski definition) is 1. The van der Waals surface area contributed by atoms with Gasteiger partial charge in [0.1, 0.15) is 6.54 Å². The molecule has 0 bridgehead atoms. The molecule has 2 unspecified atom stereocenters. The predicted octanol–water partition coefficient (Wildman–Crippen LogP) is 2.88. The van der Waals surface area contributed by atoms with Crippen LogP contribution in [0.15, 0.2) is 0 Å². The molecule has 1 saturated heterocycles. The Morgan fingerprint density at radius 1 is 1.35 bits per heavy atom. The van der Waals surface area contributed by atoms with E-state index in [0.717, 1.165) is 11.1 Å². The van der Waals surface area contributed by atoms with Gasteiger partial charge in [0.05, 0.1) is 11.6 Å². The minimum Gasteiger partial charge on any atom is -0.481 e. The van der Waals surface area contributed by atoms with Crippen molar-refractivity contribution in [1.29, 1.82) is 0 Å². The summed E-state index contributed by atoms with van der Waals surface area (Å²) in [7, 11) is 0. The number of carbonyl (C=O) groups excluding carboxylic acids is 1. The minimum absolute atomic E-state index is 0.0741. The van der Waals surface area contributed by atoms with Crippen molar-refractivity contribution in [3.8, 4) is 0 Å². The first-order valence-electron chi connectivity index (χ1n) is 8.60. The average Bonchev–Trinajstić information content (AvgIpc) is 3.08. The lowest BCUT2D eigenvalue weighted by molar-refractivity contribution is -0.143. The van der Waals surface area contributed by atoms with Crippen LogP contribution in [0.25, 0.3) is 0 Å². The highest BCUT2D eigenvalue weighted by atomic mass is 19.4. The predicted molar refractivity (Wildman–Crippen MR) is 87.7 cm³/mol. The van der Waals surface area contributed by atoms with Gasteiger partial charge < -0.3 is 10.0 Å². The normalized spacial score (nSPS) is 19.0. The molecule has 0 aliphatic carbocycles. The summed E-state index contributed by atoms with van der Waals surface area (Å²) in [6.45, 7) is 4.69. The van der Waals surface area contributed by atoms with Crippen LogP contribution in [0.4, 0.5) is 13.2 Å². The topological polar surface area (TPSA) is 75.4 Å². The van der Waals surface area contributed by atoms with Gasteiger partial charge in [-0.3, -0.25) is 14.3 Å². The molecule has 6 nitrogen and oxygen atoms in total. The highest BCUT2D eigenvalue weighted by Gasteiger charge is 2.34. The number of aryl methyl sites for hydroxylation is 1. The van der Waals surface area contributed by atoms with Crippen LogP contribution in [0, 0.1) is 19.8 Å². The summed E-state index contributed by atoms with van der Waals surface area (Å²) < 4.78 is 38.9. The first-order valence-corrected chi connectivity index (χ1v) is 8.60. The van der Waals surface area contributed by atoms with Crippen LogP contribution < -0.4 is 0 Å². The molecule has 2 atom stereocenters. The Hall–Kier alpha value is -2.06. The molecule has 2 heterocycles. The number of hydrogen-bond acceptors (Lipinski definition) is 3. The van der Waals surface area contributed by atoms with Crippen molar-refractivity contribution >= 4 is 11.9 Å². The quantitative estimate of drug-likeness (QED) is 0.830. The number of likely N-dealkylation sites (tertiary alicyclic amines) is 1. The molecule has 1 aromatic rings. The first kappa shape index (κ1) is 20.3. The molecule has 2 rings (SSSR count). The van der Waals surface area contributed by atoms with Crippen molar-refractivity contribution in [3.05, 3.63) is 17.0 Å². The van der Waals surface area contributed by atoms with Gasteiger partial charge in [-0.1, -0.05) is 0 Å². The second-order valence-corrected chi connectivity index (χ2v) is 6.95. The summed E-state index contributed by atoms with van der Waals surface area (Å²) in [6.07, 6.45) is -3.03. The Kier molecular flexibility index (Phi) is 5.98. The van der Waals surface area contributed by atoms with Gasteiger partial charge in [-0.2, -0.15) is 18.3 Å². The van der Waals surface area contributed by atoms with E-state index < -0.39 is 24.6 Å². The number of aromatic nitrogens is 2. The van der Waals surface area contributed by atoms with Crippen LogP contribution in [0.1, 0.15) is 49.1 Å². The Morgan fingerprint density at radius 2 is 2.00 bits per heavy atom. The van der Waals surface area contributed by atoms with Crippen LogP contribution in [-0.4, -0.2) is 50.9 Å². The van der Waals surface area contributed by atoms with Gasteiger partial charge in [-0.25, -0.2) is 0 Å². The summed E-state index contributed by atoms with van der Waals surface area (Å²) in [4.78, 5) is 25.1. The molecular formula is C17H24F3N3O3. The van der Waals surface area contributed by atoms with Crippen molar-refractivity contribution < 1.29 is 27.9 Å². The lowest BCUT2D eigenvalue weighted by atomic mass is 9.97. The van der Waals surface area contributed by atoms with E-state index in [1.165, 1.54) is 0 Å². The Labute approximate surface area is 150 Å². The van der Waals surface area contributed by atoms with Crippen molar-refractivity contribution in [3.63, 3.8) is 0 Å². The Balaban J connectivity index is 2.08. The first-order chi connectivity index (χ1) is 12.0. The van der Waals surface area contributed by atoms with Crippen LogP contribution in [0.2, 0.25) is 0 Å². The van der Waals surface area contributed by atoms with Gasteiger partial charge in [0, 0.05) is 30.8 Å². The summed E-state index contributed by atoms with van der Waals surface area (Å²) in [6, 6.07) is 0. The number of aliphatic carboxylic acids is 1. The van der Waals surface area contributed by atoms with E-state index in [2.05, 4.69) is 5.10 Å². The standard InChI is InChI=1S/C17H24F3N3O3/c1-10(15-11(2)21-23(12(15)3)9-17(18,19)20)16(26)22-7-6-13(8-22)4-5-14(24)25/h10,13H,4-9H2,1-3H3,(H,24,25). The molecule has 0 aromatic carbocycles. The van der Waals surface area contributed by atoms with E-state index in [0.29, 0.717) is 36.5 Å². The third kappa shape index (κ3) is 4.76. The van der Waals surface area contributed by atoms with Crippen LogP contribution in [0.5, 0.6) is 0 Å². The minimum atomic E-state index is -4.37. The summed E-state index contributed by atoms with van der Waals surface area (Å²) in [5.74, 6) is -1.44. The Morgan fingerprint density at radius 3 is 2.58 bits per heavy atom. The lowest BCUT2D eigenvalue weighted by Crippen LogP contribution is -2.32. The molecule has 0 radical (unpaired) electrons. The molecule has 9 heteroatoms. The van der Waals surface area contributed by atoms with Crippen molar-refractivity contribution in [2.75, 3.05) is 13.1 Å². The fourth-order valence-corrected chi connectivity index (χ4v) is 3.65. The monoisotopic (exact) mass is 375 g/mol. The van der Waals surface area contributed by atoms with E-state index in [9.17, 15) is 22.8 Å². The van der Waals surface area contributed by atoms with Gasteiger partial charge in [0.2, 0.25) is 5.91 Å².